The van der Waals surface area contributed by atoms with Crippen molar-refractivity contribution in [1.82, 2.24) is 24.8 Å². The smallest absolute Gasteiger partial charge is 0.410 e. The van der Waals surface area contributed by atoms with E-state index >= 15 is 0 Å². The molecular formula is C22H30N6O3S. The Balaban J connectivity index is 1.29. The van der Waals surface area contributed by atoms with Crippen molar-refractivity contribution in [2.45, 2.75) is 45.1 Å². The van der Waals surface area contributed by atoms with Gasteiger partial charge in [-0.05, 0) is 39.7 Å². The molecule has 2 aliphatic heterocycles. The van der Waals surface area contributed by atoms with Crippen molar-refractivity contribution < 1.29 is 14.3 Å². The molecule has 0 unspecified atom stereocenters. The third kappa shape index (κ3) is 5.35. The summed E-state index contributed by atoms with van der Waals surface area (Å²) >= 11 is 1.54. The predicted molar refractivity (Wildman–Crippen MR) is 122 cm³/mol. The van der Waals surface area contributed by atoms with E-state index in [9.17, 15) is 9.59 Å². The number of likely N-dealkylation sites (tertiary alicyclic amines) is 1. The molecule has 0 aromatic carbocycles. The summed E-state index contributed by atoms with van der Waals surface area (Å²) in [6.07, 6.45) is 4.86. The summed E-state index contributed by atoms with van der Waals surface area (Å²) in [4.78, 5) is 44.2. The first kappa shape index (κ1) is 22.4. The van der Waals surface area contributed by atoms with Crippen molar-refractivity contribution >= 4 is 29.3 Å². The Kier molecular flexibility index (Phi) is 6.59. The van der Waals surface area contributed by atoms with Crippen LogP contribution in [0.4, 0.5) is 10.7 Å². The van der Waals surface area contributed by atoms with E-state index in [0.29, 0.717) is 50.9 Å². The number of nitrogens with zero attached hydrogens (tertiary/aromatic N) is 6. The fourth-order valence-corrected chi connectivity index (χ4v) is 4.90. The number of thiazole rings is 1. The van der Waals surface area contributed by atoms with Crippen LogP contribution in [0.25, 0.3) is 0 Å². The van der Waals surface area contributed by atoms with E-state index in [4.69, 9.17) is 4.74 Å². The lowest BCUT2D eigenvalue weighted by Crippen LogP contribution is -2.49. The second-order valence-electron chi connectivity index (χ2n) is 9.14. The Bertz CT molecular complexity index is 929. The van der Waals surface area contributed by atoms with Gasteiger partial charge in [-0.1, -0.05) is 0 Å². The highest BCUT2D eigenvalue weighted by atomic mass is 32.1. The summed E-state index contributed by atoms with van der Waals surface area (Å²) in [6, 6.07) is 1.80. The van der Waals surface area contributed by atoms with Gasteiger partial charge in [-0.15, -0.1) is 11.3 Å². The van der Waals surface area contributed by atoms with Crippen LogP contribution >= 0.6 is 11.3 Å². The molecule has 2 saturated heterocycles. The van der Waals surface area contributed by atoms with E-state index < -0.39 is 5.60 Å². The average Bonchev–Trinajstić information content (AvgIpc) is 3.29. The molecule has 0 aliphatic carbocycles. The molecule has 0 radical (unpaired) electrons. The summed E-state index contributed by atoms with van der Waals surface area (Å²) in [5.74, 6) is 0.952. The number of carbonyl (C=O) groups excluding carboxylic acids is 2. The molecule has 2 fully saturated rings. The van der Waals surface area contributed by atoms with Gasteiger partial charge in [0.1, 0.15) is 11.3 Å². The number of piperidine rings is 1. The van der Waals surface area contributed by atoms with Gasteiger partial charge in [0.2, 0.25) is 5.95 Å². The van der Waals surface area contributed by atoms with Gasteiger partial charge in [0.05, 0.1) is 5.01 Å². The molecule has 9 nitrogen and oxygen atoms in total. The zero-order valence-corrected chi connectivity index (χ0v) is 19.7. The molecule has 4 rings (SSSR count). The van der Waals surface area contributed by atoms with Crippen LogP contribution in [0.5, 0.6) is 0 Å². The monoisotopic (exact) mass is 458 g/mol. The molecule has 2 aromatic rings. The van der Waals surface area contributed by atoms with E-state index in [2.05, 4.69) is 19.9 Å². The van der Waals surface area contributed by atoms with Crippen molar-refractivity contribution in [3.63, 3.8) is 0 Å². The highest BCUT2D eigenvalue weighted by Gasteiger charge is 2.30. The second-order valence-corrected chi connectivity index (χ2v) is 10.0. The maximum atomic E-state index is 13.0. The molecule has 0 spiro atoms. The molecule has 0 bridgehead atoms. The van der Waals surface area contributed by atoms with E-state index in [-0.39, 0.29) is 17.9 Å². The zero-order chi connectivity index (χ0) is 22.7. The third-order valence-corrected chi connectivity index (χ3v) is 6.65. The van der Waals surface area contributed by atoms with Crippen molar-refractivity contribution in [2.24, 2.45) is 0 Å². The number of anilines is 1. The van der Waals surface area contributed by atoms with E-state index in [1.54, 1.807) is 34.7 Å². The molecule has 4 heterocycles. The highest BCUT2D eigenvalue weighted by Crippen LogP contribution is 2.31. The minimum absolute atomic E-state index is 0.0210. The van der Waals surface area contributed by atoms with Crippen LogP contribution in [0.15, 0.2) is 23.8 Å². The number of ether oxygens (including phenoxy) is 1. The Morgan fingerprint density at radius 1 is 1.00 bits per heavy atom. The Morgan fingerprint density at radius 3 is 2.28 bits per heavy atom. The van der Waals surface area contributed by atoms with Gasteiger partial charge in [-0.3, -0.25) is 4.79 Å². The van der Waals surface area contributed by atoms with Gasteiger partial charge in [0.25, 0.3) is 5.91 Å². The quantitative estimate of drug-likeness (QED) is 0.698. The van der Waals surface area contributed by atoms with Crippen molar-refractivity contribution in [3.8, 4) is 0 Å². The van der Waals surface area contributed by atoms with Crippen molar-refractivity contribution in [2.75, 3.05) is 44.2 Å². The molecule has 0 N–H and O–H groups in total. The lowest BCUT2D eigenvalue weighted by atomic mass is 9.98. The predicted octanol–water partition coefficient (Wildman–Crippen LogP) is 3.01. The molecule has 0 atom stereocenters. The summed E-state index contributed by atoms with van der Waals surface area (Å²) in [7, 11) is 0. The normalized spacial score (nSPS) is 18.0. The molecule has 2 amide bonds. The lowest BCUT2D eigenvalue weighted by Gasteiger charge is -2.34. The molecule has 0 saturated carbocycles. The van der Waals surface area contributed by atoms with Gasteiger partial charge in [-0.2, -0.15) is 0 Å². The highest BCUT2D eigenvalue weighted by molar-refractivity contribution is 7.09. The van der Waals surface area contributed by atoms with Gasteiger partial charge < -0.3 is 19.4 Å². The van der Waals surface area contributed by atoms with Gasteiger partial charge in [-0.25, -0.2) is 19.7 Å². The number of piperazine rings is 1. The minimum atomic E-state index is -0.488. The Labute approximate surface area is 192 Å². The number of hydrogen-bond acceptors (Lipinski definition) is 8. The summed E-state index contributed by atoms with van der Waals surface area (Å²) in [5, 5.41) is 2.85. The lowest BCUT2D eigenvalue weighted by molar-refractivity contribution is 0.0204. The van der Waals surface area contributed by atoms with Crippen LogP contribution in [0.3, 0.4) is 0 Å². The largest absolute Gasteiger partial charge is 0.444 e. The standard InChI is InChI=1S/C22H30N6O3S/c1-22(2,3)31-21(30)28-9-5-16(6-10-28)18-25-17(15-32-18)19(29)26-11-13-27(14-12-26)20-23-7-4-8-24-20/h4,7-8,15-16H,5-6,9-14H2,1-3H3. The first-order valence-electron chi connectivity index (χ1n) is 11.0. The topological polar surface area (TPSA) is 91.8 Å². The Morgan fingerprint density at radius 2 is 1.66 bits per heavy atom. The SMILES string of the molecule is CC(C)(C)OC(=O)N1CCC(c2nc(C(=O)N3CCN(c4ncccn4)CC3)cs2)CC1. The van der Waals surface area contributed by atoms with Crippen LogP contribution < -0.4 is 4.90 Å². The number of rotatable bonds is 3. The van der Waals surface area contributed by atoms with Crippen molar-refractivity contribution in [1.29, 1.82) is 0 Å². The molecule has 172 valence electrons. The third-order valence-electron chi connectivity index (χ3n) is 5.64. The van der Waals surface area contributed by atoms with Crippen LogP contribution in [0.2, 0.25) is 0 Å². The van der Waals surface area contributed by atoms with Crippen LogP contribution in [0, 0.1) is 0 Å². The van der Waals surface area contributed by atoms with E-state index in [0.717, 1.165) is 17.8 Å². The first-order valence-corrected chi connectivity index (χ1v) is 11.9. The summed E-state index contributed by atoms with van der Waals surface area (Å²) in [5.41, 5.74) is 0.0296. The van der Waals surface area contributed by atoms with Gasteiger partial charge in [0.15, 0.2) is 0 Å². The van der Waals surface area contributed by atoms with Crippen LogP contribution in [0.1, 0.15) is 55.0 Å². The summed E-state index contributed by atoms with van der Waals surface area (Å²) in [6.45, 7) is 9.57. The van der Waals surface area contributed by atoms with E-state index in [1.807, 2.05) is 31.1 Å². The fraction of sp³-hybridized carbons (Fsp3) is 0.591. The number of amides is 2. The molecule has 2 aromatic heterocycles. The summed E-state index contributed by atoms with van der Waals surface area (Å²) < 4.78 is 5.47. The maximum absolute atomic E-state index is 13.0. The van der Waals surface area contributed by atoms with Crippen LogP contribution in [-0.4, -0.2) is 81.6 Å². The molecule has 10 heteroatoms. The van der Waals surface area contributed by atoms with Gasteiger partial charge >= 0.3 is 6.09 Å². The minimum Gasteiger partial charge on any atom is -0.444 e. The maximum Gasteiger partial charge on any atom is 0.410 e. The van der Waals surface area contributed by atoms with E-state index in [1.165, 1.54) is 0 Å². The second kappa shape index (κ2) is 9.40. The Hall–Kier alpha value is -2.75. The van der Waals surface area contributed by atoms with Gasteiger partial charge in [0, 0.05) is 63.0 Å². The number of carbonyl (C=O) groups is 2. The van der Waals surface area contributed by atoms with Crippen LogP contribution in [-0.2, 0) is 4.74 Å². The number of hydrogen-bond donors (Lipinski definition) is 0. The first-order chi connectivity index (χ1) is 15.3. The molecular weight excluding hydrogens is 428 g/mol. The molecule has 2 aliphatic rings. The zero-order valence-electron chi connectivity index (χ0n) is 18.9. The number of aromatic nitrogens is 3. The molecule has 32 heavy (non-hydrogen) atoms. The van der Waals surface area contributed by atoms with Crippen molar-refractivity contribution in [3.05, 3.63) is 34.5 Å². The fourth-order valence-electron chi connectivity index (χ4n) is 3.93. The average molecular weight is 459 g/mol.